The van der Waals surface area contributed by atoms with Crippen molar-refractivity contribution in [2.45, 2.75) is 71.9 Å². The van der Waals surface area contributed by atoms with Gasteiger partial charge in [-0.2, -0.15) is 0 Å². The van der Waals surface area contributed by atoms with Crippen molar-refractivity contribution in [1.82, 2.24) is 5.32 Å². The molecule has 0 heterocycles. The van der Waals surface area contributed by atoms with Crippen LogP contribution < -0.4 is 10.1 Å². The minimum Gasteiger partial charge on any atom is -0.481 e. The topological polar surface area (TPSA) is 38.3 Å². The predicted octanol–water partition coefficient (Wildman–Crippen LogP) is 5.58. The van der Waals surface area contributed by atoms with E-state index < -0.39 is 6.10 Å². The van der Waals surface area contributed by atoms with Gasteiger partial charge in [-0.1, -0.05) is 71.0 Å². The van der Waals surface area contributed by atoms with Crippen molar-refractivity contribution in [2.24, 2.45) is 0 Å². The molecule has 0 fully saturated rings. The predicted molar refractivity (Wildman–Crippen MR) is 112 cm³/mol. The molecule has 3 heteroatoms. The third-order valence-electron chi connectivity index (χ3n) is 4.91. The Kier molecular flexibility index (Phi) is 7.06. The highest BCUT2D eigenvalue weighted by atomic mass is 16.5. The summed E-state index contributed by atoms with van der Waals surface area (Å²) in [5, 5.41) is 3.08. The number of hydrogen-bond donors (Lipinski definition) is 1. The van der Waals surface area contributed by atoms with Crippen LogP contribution in [-0.4, -0.2) is 12.0 Å². The van der Waals surface area contributed by atoms with E-state index in [0.717, 1.165) is 17.7 Å². The first-order valence-electron chi connectivity index (χ1n) is 9.91. The summed E-state index contributed by atoms with van der Waals surface area (Å²) in [6.07, 6.45) is 1.14. The van der Waals surface area contributed by atoms with E-state index in [0.29, 0.717) is 6.42 Å². The van der Waals surface area contributed by atoms with Crippen molar-refractivity contribution in [1.29, 1.82) is 0 Å². The smallest absolute Gasteiger partial charge is 0.261 e. The zero-order valence-corrected chi connectivity index (χ0v) is 17.5. The number of carbonyl (C=O) groups is 1. The van der Waals surface area contributed by atoms with Crippen molar-refractivity contribution >= 4 is 5.91 Å². The van der Waals surface area contributed by atoms with E-state index >= 15 is 0 Å². The molecule has 0 aromatic heterocycles. The largest absolute Gasteiger partial charge is 0.481 e. The lowest BCUT2D eigenvalue weighted by atomic mass is 9.87. The van der Waals surface area contributed by atoms with Crippen molar-refractivity contribution in [2.75, 3.05) is 0 Å². The summed E-state index contributed by atoms with van der Waals surface area (Å²) in [6.45, 7) is 12.6. The molecule has 3 nitrogen and oxygen atoms in total. The molecule has 0 radical (unpaired) electrons. The van der Waals surface area contributed by atoms with Crippen LogP contribution in [0.4, 0.5) is 0 Å². The fourth-order valence-electron chi connectivity index (χ4n) is 2.95. The highest BCUT2D eigenvalue weighted by molar-refractivity contribution is 5.81. The Labute approximate surface area is 164 Å². The number of rotatable bonds is 7. The van der Waals surface area contributed by atoms with Crippen LogP contribution in [0.1, 0.15) is 70.7 Å². The van der Waals surface area contributed by atoms with E-state index in [4.69, 9.17) is 4.74 Å². The van der Waals surface area contributed by atoms with Gasteiger partial charge < -0.3 is 10.1 Å². The summed E-state index contributed by atoms with van der Waals surface area (Å²) < 4.78 is 5.95. The molecule has 0 unspecified atom stereocenters. The van der Waals surface area contributed by atoms with Crippen molar-refractivity contribution < 1.29 is 9.53 Å². The van der Waals surface area contributed by atoms with Gasteiger partial charge in [0.15, 0.2) is 6.10 Å². The van der Waals surface area contributed by atoms with E-state index in [-0.39, 0.29) is 17.4 Å². The third kappa shape index (κ3) is 5.85. The maximum atomic E-state index is 12.7. The highest BCUT2D eigenvalue weighted by Gasteiger charge is 2.21. The quantitative estimate of drug-likeness (QED) is 0.693. The number of benzene rings is 2. The van der Waals surface area contributed by atoms with Gasteiger partial charge in [0.1, 0.15) is 5.75 Å². The molecule has 1 N–H and O–H groups in total. The minimum atomic E-state index is -0.497. The van der Waals surface area contributed by atoms with Crippen molar-refractivity contribution in [3.05, 3.63) is 65.2 Å². The lowest BCUT2D eigenvalue weighted by Gasteiger charge is -2.22. The number of hydrogen-bond acceptors (Lipinski definition) is 2. The molecular weight excluding hydrogens is 334 g/mol. The first kappa shape index (κ1) is 21.0. The van der Waals surface area contributed by atoms with Gasteiger partial charge in [-0.3, -0.25) is 4.79 Å². The molecule has 2 atom stereocenters. The normalized spacial score (nSPS) is 13.7. The average Bonchev–Trinajstić information content (AvgIpc) is 2.65. The van der Waals surface area contributed by atoms with Gasteiger partial charge in [0, 0.05) is 0 Å². The lowest BCUT2D eigenvalue weighted by Crippen LogP contribution is -2.39. The van der Waals surface area contributed by atoms with E-state index in [1.807, 2.05) is 26.0 Å². The van der Waals surface area contributed by atoms with E-state index in [1.54, 1.807) is 0 Å². The molecule has 0 aliphatic carbocycles. The van der Waals surface area contributed by atoms with Crippen LogP contribution in [0.15, 0.2) is 48.5 Å². The number of aryl methyl sites for hydroxylation is 1. The second-order valence-electron chi connectivity index (χ2n) is 8.11. The summed E-state index contributed by atoms with van der Waals surface area (Å²) in [6, 6.07) is 16.4. The first-order valence-corrected chi connectivity index (χ1v) is 9.91. The SMILES string of the molecule is CCc1ccc([C@H](C)NC(=O)[C@@H](CC)Oc2ccc(C(C)(C)C)cc2)cc1. The zero-order chi connectivity index (χ0) is 20.0. The van der Waals surface area contributed by atoms with Gasteiger partial charge >= 0.3 is 0 Å². The monoisotopic (exact) mass is 367 g/mol. The van der Waals surface area contributed by atoms with Crippen LogP contribution >= 0.6 is 0 Å². The Morgan fingerprint density at radius 1 is 1.00 bits per heavy atom. The van der Waals surface area contributed by atoms with Gasteiger partial charge in [0.2, 0.25) is 0 Å². The standard InChI is InChI=1S/C24H33NO2/c1-7-18-9-11-19(12-10-18)17(3)25-23(26)22(8-2)27-21-15-13-20(14-16-21)24(4,5)6/h9-17,22H,7-8H2,1-6H3,(H,25,26)/t17-,22+/m0/s1. The Morgan fingerprint density at radius 2 is 1.59 bits per heavy atom. The van der Waals surface area contributed by atoms with Gasteiger partial charge in [-0.05, 0) is 54.0 Å². The molecule has 0 spiro atoms. The molecule has 0 bridgehead atoms. The van der Waals surface area contributed by atoms with Crippen molar-refractivity contribution in [3.8, 4) is 5.75 Å². The van der Waals surface area contributed by atoms with Gasteiger partial charge in [-0.25, -0.2) is 0 Å². The molecule has 2 aromatic carbocycles. The molecule has 0 saturated heterocycles. The maximum Gasteiger partial charge on any atom is 0.261 e. The summed E-state index contributed by atoms with van der Waals surface area (Å²) in [4.78, 5) is 12.7. The molecule has 0 saturated carbocycles. The van der Waals surface area contributed by atoms with Crippen LogP contribution in [0.5, 0.6) is 5.75 Å². The lowest BCUT2D eigenvalue weighted by molar-refractivity contribution is -0.128. The van der Waals surface area contributed by atoms with E-state index in [1.165, 1.54) is 11.1 Å². The third-order valence-corrected chi connectivity index (χ3v) is 4.91. The van der Waals surface area contributed by atoms with Gasteiger partial charge in [0.05, 0.1) is 6.04 Å². The molecule has 0 aliphatic rings. The molecule has 2 rings (SSSR count). The van der Waals surface area contributed by atoms with Crippen LogP contribution in [-0.2, 0) is 16.6 Å². The highest BCUT2D eigenvalue weighted by Crippen LogP contribution is 2.25. The maximum absolute atomic E-state index is 12.7. The first-order chi connectivity index (χ1) is 12.7. The summed E-state index contributed by atoms with van der Waals surface area (Å²) in [5.74, 6) is 0.648. The Hall–Kier alpha value is -2.29. The number of amides is 1. The molecule has 146 valence electrons. The van der Waals surface area contributed by atoms with Gasteiger partial charge in [-0.15, -0.1) is 0 Å². The minimum absolute atomic E-state index is 0.0516. The fraction of sp³-hybridized carbons (Fsp3) is 0.458. The summed E-state index contributed by atoms with van der Waals surface area (Å²) >= 11 is 0. The average molecular weight is 368 g/mol. The number of carbonyl (C=O) groups excluding carboxylic acids is 1. The second kappa shape index (κ2) is 9.07. The van der Waals surface area contributed by atoms with Gasteiger partial charge in [0.25, 0.3) is 5.91 Å². The molecule has 27 heavy (non-hydrogen) atoms. The second-order valence-corrected chi connectivity index (χ2v) is 8.11. The molecule has 2 aromatic rings. The zero-order valence-electron chi connectivity index (χ0n) is 17.5. The van der Waals surface area contributed by atoms with Crippen molar-refractivity contribution in [3.63, 3.8) is 0 Å². The Morgan fingerprint density at radius 3 is 2.07 bits per heavy atom. The van der Waals surface area contributed by atoms with E-state index in [2.05, 4.69) is 69.4 Å². The fourth-order valence-corrected chi connectivity index (χ4v) is 2.95. The molecule has 1 amide bonds. The number of nitrogens with one attached hydrogen (secondary N) is 1. The summed E-state index contributed by atoms with van der Waals surface area (Å²) in [5.41, 5.74) is 3.75. The molecular formula is C24H33NO2. The van der Waals surface area contributed by atoms with Crippen LogP contribution in [0.25, 0.3) is 0 Å². The summed E-state index contributed by atoms with van der Waals surface area (Å²) in [7, 11) is 0. The van der Waals surface area contributed by atoms with Crippen LogP contribution in [0, 0.1) is 0 Å². The van der Waals surface area contributed by atoms with Crippen LogP contribution in [0.2, 0.25) is 0 Å². The van der Waals surface area contributed by atoms with Crippen LogP contribution in [0.3, 0.4) is 0 Å². The van der Waals surface area contributed by atoms with E-state index in [9.17, 15) is 4.79 Å². The Balaban J connectivity index is 2.00. The number of ether oxygens (including phenoxy) is 1. The molecule has 0 aliphatic heterocycles. The Bertz CT molecular complexity index is 726.